The molecule has 4 rings (SSSR count). The van der Waals surface area contributed by atoms with E-state index >= 15 is 0 Å². The molecule has 1 amide bonds. The minimum atomic E-state index is -4.02. The van der Waals surface area contributed by atoms with E-state index in [0.29, 0.717) is 37.1 Å². The molecule has 178 valence electrons. The van der Waals surface area contributed by atoms with Crippen LogP contribution in [0.1, 0.15) is 35.3 Å². The molecule has 34 heavy (non-hydrogen) atoms. The lowest BCUT2D eigenvalue weighted by Crippen LogP contribution is -2.37. The van der Waals surface area contributed by atoms with Crippen LogP contribution >= 0.6 is 0 Å². The lowest BCUT2D eigenvalue weighted by atomic mass is 10.00. The van der Waals surface area contributed by atoms with Gasteiger partial charge in [-0.2, -0.15) is 4.98 Å². The van der Waals surface area contributed by atoms with Crippen molar-refractivity contribution in [3.05, 3.63) is 65.2 Å². The minimum absolute atomic E-state index is 0.00663. The first-order valence-electron chi connectivity index (χ1n) is 11.3. The van der Waals surface area contributed by atoms with E-state index < -0.39 is 10.0 Å². The van der Waals surface area contributed by atoms with Gasteiger partial charge in [-0.05, 0) is 49.1 Å². The molecule has 9 heteroatoms. The van der Waals surface area contributed by atoms with Crippen molar-refractivity contribution in [1.82, 2.24) is 15.3 Å². The van der Waals surface area contributed by atoms with E-state index in [2.05, 4.69) is 38.8 Å². The molecule has 3 aromatic rings. The number of sulfonamides is 1. The van der Waals surface area contributed by atoms with Crippen LogP contribution in [0.5, 0.6) is 0 Å². The standard InChI is InChI=1S/C25H29N5O3S/c1-16(2)15-30-12-11-26-24(31)19-9-6-10-20(13-19)34(32,33)29-25-27-21(14-22(30)28-25)23-17(3)7-5-8-18(23)4/h5-10,13-14,16H,11-12,15H2,1-4H3,(H,26,31)(H,27,28,29). The Hall–Kier alpha value is -3.46. The molecule has 0 saturated carbocycles. The Labute approximate surface area is 200 Å². The highest BCUT2D eigenvalue weighted by Gasteiger charge is 2.22. The Morgan fingerprint density at radius 3 is 2.44 bits per heavy atom. The second-order valence-electron chi connectivity index (χ2n) is 8.93. The lowest BCUT2D eigenvalue weighted by molar-refractivity contribution is 0.0954. The van der Waals surface area contributed by atoms with E-state index in [9.17, 15) is 13.2 Å². The molecule has 0 atom stereocenters. The molecule has 1 aliphatic heterocycles. The number of nitrogens with zero attached hydrogens (tertiary/aromatic N) is 3. The topological polar surface area (TPSA) is 104 Å². The monoisotopic (exact) mass is 479 g/mol. The smallest absolute Gasteiger partial charge is 0.264 e. The summed E-state index contributed by atoms with van der Waals surface area (Å²) in [4.78, 5) is 23.9. The van der Waals surface area contributed by atoms with Crippen molar-refractivity contribution in [2.75, 3.05) is 29.3 Å². The Kier molecular flexibility index (Phi) is 6.56. The molecule has 2 heterocycles. The molecular weight excluding hydrogens is 450 g/mol. The van der Waals surface area contributed by atoms with Crippen LogP contribution in [-0.4, -0.2) is 43.9 Å². The number of hydrogen-bond acceptors (Lipinski definition) is 6. The first kappa shape index (κ1) is 23.7. The number of aryl methyl sites for hydroxylation is 2. The summed E-state index contributed by atoms with van der Waals surface area (Å²) in [6.45, 7) is 9.78. The van der Waals surface area contributed by atoms with Crippen LogP contribution in [0.2, 0.25) is 0 Å². The van der Waals surface area contributed by atoms with Gasteiger partial charge in [-0.25, -0.2) is 18.1 Å². The van der Waals surface area contributed by atoms with Crippen LogP contribution in [0.3, 0.4) is 0 Å². The zero-order chi connectivity index (χ0) is 24.5. The summed E-state index contributed by atoms with van der Waals surface area (Å²) in [5.41, 5.74) is 3.93. The fourth-order valence-corrected chi connectivity index (χ4v) is 5.11. The Balaban J connectivity index is 1.91. The molecule has 0 spiro atoms. The summed E-state index contributed by atoms with van der Waals surface area (Å²) in [6, 6.07) is 13.8. The van der Waals surface area contributed by atoms with Gasteiger partial charge in [-0.15, -0.1) is 0 Å². The van der Waals surface area contributed by atoms with E-state index in [1.54, 1.807) is 12.1 Å². The third-order valence-corrected chi connectivity index (χ3v) is 6.98. The number of carbonyl (C=O) groups excluding carboxylic acids is 1. The van der Waals surface area contributed by atoms with Crippen molar-refractivity contribution in [2.24, 2.45) is 5.92 Å². The molecule has 1 aliphatic rings. The molecule has 0 fully saturated rings. The first-order chi connectivity index (χ1) is 16.1. The third-order valence-electron chi connectivity index (χ3n) is 5.66. The van der Waals surface area contributed by atoms with Crippen molar-refractivity contribution in [2.45, 2.75) is 32.6 Å². The predicted octanol–water partition coefficient (Wildman–Crippen LogP) is 3.77. The highest BCUT2D eigenvalue weighted by Crippen LogP contribution is 2.30. The largest absolute Gasteiger partial charge is 0.354 e. The van der Waals surface area contributed by atoms with Gasteiger partial charge in [-0.3, -0.25) is 4.79 Å². The summed E-state index contributed by atoms with van der Waals surface area (Å²) in [5.74, 6) is 0.585. The second-order valence-corrected chi connectivity index (χ2v) is 10.6. The summed E-state index contributed by atoms with van der Waals surface area (Å²) < 4.78 is 28.9. The molecule has 0 saturated heterocycles. The zero-order valence-electron chi connectivity index (χ0n) is 19.8. The van der Waals surface area contributed by atoms with Crippen molar-refractivity contribution >= 4 is 27.7 Å². The maximum atomic E-state index is 13.2. The van der Waals surface area contributed by atoms with Crippen LogP contribution in [0.15, 0.2) is 53.4 Å². The first-order valence-corrected chi connectivity index (χ1v) is 12.7. The normalized spacial score (nSPS) is 15.6. The average molecular weight is 480 g/mol. The zero-order valence-corrected chi connectivity index (χ0v) is 20.6. The molecule has 0 unspecified atom stereocenters. The van der Waals surface area contributed by atoms with Crippen LogP contribution < -0.4 is 14.9 Å². The van der Waals surface area contributed by atoms with Gasteiger partial charge in [0.15, 0.2) is 0 Å². The van der Waals surface area contributed by atoms with Crippen LogP contribution in [-0.2, 0) is 10.0 Å². The van der Waals surface area contributed by atoms with Crippen molar-refractivity contribution < 1.29 is 13.2 Å². The van der Waals surface area contributed by atoms with Crippen LogP contribution in [0, 0.1) is 19.8 Å². The summed E-state index contributed by atoms with van der Waals surface area (Å²) >= 11 is 0. The summed E-state index contributed by atoms with van der Waals surface area (Å²) in [5, 5.41) is 2.89. The van der Waals surface area contributed by atoms with Gasteiger partial charge in [-0.1, -0.05) is 38.1 Å². The average Bonchev–Trinajstić information content (AvgIpc) is 2.77. The lowest BCUT2D eigenvalue weighted by Gasteiger charge is -2.26. The molecule has 0 aliphatic carbocycles. The number of aromatic nitrogens is 2. The van der Waals surface area contributed by atoms with E-state index in [4.69, 9.17) is 0 Å². The van der Waals surface area contributed by atoms with Crippen LogP contribution in [0.4, 0.5) is 11.8 Å². The number of nitrogens with one attached hydrogen (secondary N) is 2. The highest BCUT2D eigenvalue weighted by molar-refractivity contribution is 7.92. The van der Waals surface area contributed by atoms with Crippen molar-refractivity contribution in [3.63, 3.8) is 0 Å². The molecule has 0 radical (unpaired) electrons. The second kappa shape index (κ2) is 9.42. The molecule has 4 bridgehead atoms. The molecule has 2 N–H and O–H groups in total. The predicted molar refractivity (Wildman–Crippen MR) is 134 cm³/mol. The number of carbonyl (C=O) groups is 1. The number of amides is 1. The number of fused-ring (bicyclic) bond motifs is 4. The highest BCUT2D eigenvalue weighted by atomic mass is 32.2. The van der Waals surface area contributed by atoms with Gasteiger partial charge in [0.25, 0.3) is 15.9 Å². The Morgan fingerprint density at radius 2 is 1.74 bits per heavy atom. The molecule has 8 nitrogen and oxygen atoms in total. The quantitative estimate of drug-likeness (QED) is 0.593. The van der Waals surface area contributed by atoms with Crippen molar-refractivity contribution in [1.29, 1.82) is 0 Å². The Bertz CT molecular complexity index is 1320. The van der Waals surface area contributed by atoms with E-state index in [1.165, 1.54) is 12.1 Å². The molecular formula is C25H29N5O3S. The maximum Gasteiger partial charge on any atom is 0.264 e. The number of benzene rings is 2. The SMILES string of the molecule is Cc1cccc(C)c1-c1cc2nc(n1)NS(=O)(=O)c1cccc(c1)C(=O)NCCN2CC(C)C. The molecule has 2 aromatic carbocycles. The fourth-order valence-electron chi connectivity index (χ4n) is 4.12. The summed E-state index contributed by atoms with van der Waals surface area (Å²) in [6.07, 6.45) is 0. The van der Waals surface area contributed by atoms with Gasteiger partial charge in [0, 0.05) is 36.8 Å². The minimum Gasteiger partial charge on any atom is -0.354 e. The number of rotatable bonds is 3. The number of anilines is 2. The van der Waals surface area contributed by atoms with Gasteiger partial charge in [0.2, 0.25) is 5.95 Å². The third kappa shape index (κ3) is 5.04. The van der Waals surface area contributed by atoms with E-state index in [-0.39, 0.29) is 22.3 Å². The molecule has 1 aromatic heterocycles. The van der Waals surface area contributed by atoms with Crippen LogP contribution in [0.25, 0.3) is 11.3 Å². The van der Waals surface area contributed by atoms with Gasteiger partial charge >= 0.3 is 0 Å². The van der Waals surface area contributed by atoms with E-state index in [0.717, 1.165) is 16.7 Å². The van der Waals surface area contributed by atoms with Gasteiger partial charge < -0.3 is 10.2 Å². The number of hydrogen-bond donors (Lipinski definition) is 2. The maximum absolute atomic E-state index is 13.2. The fraction of sp³-hybridized carbons (Fsp3) is 0.320. The summed E-state index contributed by atoms with van der Waals surface area (Å²) in [7, 11) is -4.02. The van der Waals surface area contributed by atoms with E-state index in [1.807, 2.05) is 38.1 Å². The van der Waals surface area contributed by atoms with Gasteiger partial charge in [0.1, 0.15) is 5.82 Å². The van der Waals surface area contributed by atoms with Crippen molar-refractivity contribution in [3.8, 4) is 11.3 Å². The Morgan fingerprint density at radius 1 is 1.03 bits per heavy atom. The van der Waals surface area contributed by atoms with Gasteiger partial charge in [0.05, 0.1) is 10.6 Å².